The summed E-state index contributed by atoms with van der Waals surface area (Å²) in [4.78, 5) is 10.6. The fourth-order valence-electron chi connectivity index (χ4n) is 0.445. The van der Waals surface area contributed by atoms with Gasteiger partial charge in [-0.1, -0.05) is 6.92 Å². The van der Waals surface area contributed by atoms with E-state index < -0.39 is 0 Å². The highest BCUT2D eigenvalue weighted by Gasteiger charge is 2.14. The minimum absolute atomic E-state index is 0.106. The van der Waals surface area contributed by atoms with Gasteiger partial charge in [0.2, 0.25) is 0 Å². The van der Waals surface area contributed by atoms with Crippen LogP contribution >= 0.6 is 25.5 Å². The van der Waals surface area contributed by atoms with Gasteiger partial charge >= 0.3 is 5.97 Å². The predicted molar refractivity (Wildman–Crippen MR) is 42.7 cm³/mol. The Balaban J connectivity index is 3.64. The molecule has 0 aromatic heterocycles. The summed E-state index contributed by atoms with van der Waals surface area (Å²) in [6, 6.07) is 0. The van der Waals surface area contributed by atoms with Crippen molar-refractivity contribution in [2.24, 2.45) is 5.92 Å². The molecule has 0 bridgehead atoms. The predicted octanol–water partition coefficient (Wildman–Crippen LogP) is 1.33. The van der Waals surface area contributed by atoms with Gasteiger partial charge in [-0.15, -0.1) is 0 Å². The first-order chi connectivity index (χ1) is 4.26. The minimum atomic E-state index is -0.296. The summed E-state index contributed by atoms with van der Waals surface area (Å²) in [5.41, 5.74) is 0. The monoisotopic (exact) mass is 166 g/mol. The van der Waals surface area contributed by atoms with Gasteiger partial charge in [0, 0.05) is 18.7 Å². The Hall–Kier alpha value is 0.170. The van der Waals surface area contributed by atoms with Gasteiger partial charge in [0.25, 0.3) is 0 Å². The fraction of sp³-hybridized carbons (Fsp3) is 0.800. The molecule has 0 heterocycles. The van der Waals surface area contributed by atoms with Gasteiger partial charge in [0.1, 0.15) is 0 Å². The van der Waals surface area contributed by atoms with Crippen LogP contribution in [0.25, 0.3) is 0 Å². The van der Waals surface area contributed by atoms with Crippen molar-refractivity contribution in [3.63, 3.8) is 0 Å². The van der Waals surface area contributed by atoms with Crippen molar-refractivity contribution in [2.45, 2.75) is 13.3 Å². The average molecular weight is 166 g/mol. The highest BCUT2D eigenvalue weighted by Crippen LogP contribution is 2.07. The molecule has 0 aromatic rings. The molecule has 0 fully saturated rings. The molecule has 0 rings (SSSR count). The van der Waals surface area contributed by atoms with Gasteiger partial charge in [0.05, 0.1) is 5.92 Å². The van der Waals surface area contributed by atoms with Crippen LogP contribution in [0.1, 0.15) is 13.3 Å². The quantitative estimate of drug-likeness (QED) is 0.489. The molecule has 0 aliphatic carbocycles. The Morgan fingerprint density at radius 1 is 1.78 bits per heavy atom. The zero-order chi connectivity index (χ0) is 7.28. The zero-order valence-corrected chi connectivity index (χ0v) is 6.99. The molecular formula is C5H10O2S2. The topological polar surface area (TPSA) is 26.3 Å². The van der Waals surface area contributed by atoms with Crippen molar-refractivity contribution in [1.82, 2.24) is 0 Å². The van der Waals surface area contributed by atoms with E-state index in [1.807, 2.05) is 6.92 Å². The second-order valence-corrected chi connectivity index (χ2v) is 2.25. The summed E-state index contributed by atoms with van der Waals surface area (Å²) in [5, 5.41) is 0. The van der Waals surface area contributed by atoms with Gasteiger partial charge in [-0.05, 0) is 6.42 Å². The van der Waals surface area contributed by atoms with E-state index in [0.717, 1.165) is 6.42 Å². The highest BCUT2D eigenvalue weighted by molar-refractivity contribution is 7.80. The van der Waals surface area contributed by atoms with Gasteiger partial charge in [-0.25, -0.2) is 0 Å². The molecule has 4 heteroatoms. The Kier molecular flexibility index (Phi) is 5.09. The maximum Gasteiger partial charge on any atom is 0.321 e. The van der Waals surface area contributed by atoms with Gasteiger partial charge < -0.3 is 4.18 Å². The third kappa shape index (κ3) is 3.01. The molecule has 0 amide bonds. The number of thiol groups is 2. The van der Waals surface area contributed by atoms with Crippen LogP contribution in [0.4, 0.5) is 0 Å². The first-order valence-corrected chi connectivity index (χ1v) is 3.72. The lowest BCUT2D eigenvalue weighted by Crippen LogP contribution is -2.14. The standard InChI is InChI=1S/C5H10O2S2/c1-2-4(3-8)5(6)7-9/h4,8-9H,2-3H2,1H3. The van der Waals surface area contributed by atoms with Crippen LogP contribution in [-0.2, 0) is 8.98 Å². The molecule has 0 N–H and O–H groups in total. The summed E-state index contributed by atoms with van der Waals surface area (Å²) < 4.78 is 4.20. The zero-order valence-electron chi connectivity index (χ0n) is 5.20. The lowest BCUT2D eigenvalue weighted by Gasteiger charge is -2.05. The fourth-order valence-corrected chi connectivity index (χ4v) is 1.00. The first kappa shape index (κ1) is 9.17. The Labute approximate surface area is 66.0 Å². The van der Waals surface area contributed by atoms with Crippen LogP contribution in [0.3, 0.4) is 0 Å². The Bertz CT molecular complexity index is 91.0. The lowest BCUT2D eigenvalue weighted by molar-refractivity contribution is -0.136. The summed E-state index contributed by atoms with van der Waals surface area (Å²) >= 11 is 7.33. The van der Waals surface area contributed by atoms with Crippen molar-refractivity contribution < 1.29 is 8.98 Å². The number of hydrogen-bond donors (Lipinski definition) is 2. The van der Waals surface area contributed by atoms with Crippen LogP contribution in [0.15, 0.2) is 0 Å². The molecule has 54 valence electrons. The molecule has 0 aliphatic rings. The Morgan fingerprint density at radius 2 is 2.33 bits per heavy atom. The maximum atomic E-state index is 10.6. The van der Waals surface area contributed by atoms with E-state index in [-0.39, 0.29) is 11.9 Å². The molecule has 2 nitrogen and oxygen atoms in total. The first-order valence-electron chi connectivity index (χ1n) is 2.72. The van der Waals surface area contributed by atoms with E-state index in [4.69, 9.17) is 0 Å². The molecule has 0 aromatic carbocycles. The number of carbonyl (C=O) groups is 1. The third-order valence-electron chi connectivity index (χ3n) is 1.14. The van der Waals surface area contributed by atoms with E-state index in [1.165, 1.54) is 0 Å². The minimum Gasteiger partial charge on any atom is -0.394 e. The van der Waals surface area contributed by atoms with Crippen LogP contribution < -0.4 is 0 Å². The van der Waals surface area contributed by atoms with Gasteiger partial charge in [-0.3, -0.25) is 4.79 Å². The summed E-state index contributed by atoms with van der Waals surface area (Å²) in [5.74, 6) is 0.122. The van der Waals surface area contributed by atoms with Crippen LogP contribution in [0, 0.1) is 5.92 Å². The van der Waals surface area contributed by atoms with E-state index in [0.29, 0.717) is 5.75 Å². The molecule has 0 spiro atoms. The highest BCUT2D eigenvalue weighted by atomic mass is 32.1. The number of hydrogen-bond acceptors (Lipinski definition) is 4. The molecule has 0 saturated carbocycles. The summed E-state index contributed by atoms with van der Waals surface area (Å²) in [7, 11) is 0. The smallest absolute Gasteiger partial charge is 0.321 e. The van der Waals surface area contributed by atoms with Crippen LogP contribution in [0.2, 0.25) is 0 Å². The summed E-state index contributed by atoms with van der Waals surface area (Å²) in [6.07, 6.45) is 0.753. The molecule has 0 radical (unpaired) electrons. The summed E-state index contributed by atoms with van der Waals surface area (Å²) in [6.45, 7) is 1.91. The molecular weight excluding hydrogens is 156 g/mol. The second kappa shape index (κ2) is 4.99. The van der Waals surface area contributed by atoms with Gasteiger partial charge in [-0.2, -0.15) is 12.6 Å². The van der Waals surface area contributed by atoms with E-state index in [1.54, 1.807) is 0 Å². The molecule has 1 unspecified atom stereocenters. The second-order valence-electron chi connectivity index (χ2n) is 1.70. The van der Waals surface area contributed by atoms with Crippen LogP contribution in [-0.4, -0.2) is 11.7 Å². The molecule has 0 saturated heterocycles. The number of rotatable bonds is 3. The van der Waals surface area contributed by atoms with Crippen molar-refractivity contribution in [3.8, 4) is 0 Å². The van der Waals surface area contributed by atoms with Crippen molar-refractivity contribution in [3.05, 3.63) is 0 Å². The normalized spacial score (nSPS) is 12.8. The molecule has 9 heavy (non-hydrogen) atoms. The van der Waals surface area contributed by atoms with Crippen LogP contribution in [0.5, 0.6) is 0 Å². The molecule has 1 atom stereocenters. The Morgan fingerprint density at radius 3 is 2.44 bits per heavy atom. The maximum absolute atomic E-state index is 10.6. The van der Waals surface area contributed by atoms with Gasteiger partial charge in [0.15, 0.2) is 0 Å². The van der Waals surface area contributed by atoms with Crippen molar-refractivity contribution in [1.29, 1.82) is 0 Å². The van der Waals surface area contributed by atoms with Crippen molar-refractivity contribution >= 4 is 31.5 Å². The van der Waals surface area contributed by atoms with E-state index in [2.05, 4.69) is 29.7 Å². The number of carbonyl (C=O) groups excluding carboxylic acids is 1. The largest absolute Gasteiger partial charge is 0.394 e. The lowest BCUT2D eigenvalue weighted by atomic mass is 10.1. The van der Waals surface area contributed by atoms with E-state index in [9.17, 15) is 4.79 Å². The SMILES string of the molecule is CCC(CS)C(=O)OS. The third-order valence-corrected chi connectivity index (χ3v) is 1.76. The van der Waals surface area contributed by atoms with Crippen molar-refractivity contribution in [2.75, 3.05) is 5.75 Å². The molecule has 0 aliphatic heterocycles. The van der Waals surface area contributed by atoms with E-state index >= 15 is 0 Å². The average Bonchev–Trinajstić information content (AvgIpc) is 1.90.